The van der Waals surface area contributed by atoms with Crippen LogP contribution >= 0.6 is 0 Å². The predicted octanol–water partition coefficient (Wildman–Crippen LogP) is 3.62. The molecule has 3 unspecified atom stereocenters. The number of alkyl halides is 2. The lowest BCUT2D eigenvalue weighted by atomic mass is 9.65. The van der Waals surface area contributed by atoms with E-state index in [1.807, 2.05) is 0 Å². The number of hydrogen-bond acceptors (Lipinski definition) is 1. The summed E-state index contributed by atoms with van der Waals surface area (Å²) in [5, 5.41) is 0. The third-order valence-corrected chi connectivity index (χ3v) is 4.47. The van der Waals surface area contributed by atoms with Gasteiger partial charge in [0.2, 0.25) is 0 Å². The first-order valence-corrected chi connectivity index (χ1v) is 6.48. The molecule has 0 aliphatic heterocycles. The Morgan fingerprint density at radius 3 is 2.06 bits per heavy atom. The van der Waals surface area contributed by atoms with Gasteiger partial charge in [0, 0.05) is 0 Å². The van der Waals surface area contributed by atoms with Gasteiger partial charge in [0.05, 0.1) is 6.04 Å². The van der Waals surface area contributed by atoms with Crippen LogP contribution in [0.5, 0.6) is 0 Å². The van der Waals surface area contributed by atoms with E-state index in [1.54, 1.807) is 0 Å². The summed E-state index contributed by atoms with van der Waals surface area (Å²) in [6.45, 7) is 6.41. The summed E-state index contributed by atoms with van der Waals surface area (Å²) < 4.78 is 27.2. The smallest absolute Gasteiger partial charge is 0.118 e. The van der Waals surface area contributed by atoms with E-state index < -0.39 is 18.4 Å². The average molecular weight is 233 g/mol. The molecule has 1 aliphatic carbocycles. The van der Waals surface area contributed by atoms with E-state index >= 15 is 0 Å². The molecule has 3 atom stereocenters. The van der Waals surface area contributed by atoms with Crippen molar-refractivity contribution in [2.45, 2.75) is 71.3 Å². The molecule has 0 radical (unpaired) electrons. The second kappa shape index (κ2) is 5.44. The lowest BCUT2D eigenvalue weighted by Crippen LogP contribution is -2.49. The summed E-state index contributed by atoms with van der Waals surface area (Å²) in [5.74, 6) is 0.141. The molecule has 16 heavy (non-hydrogen) atoms. The minimum Gasteiger partial charge on any atom is -0.323 e. The molecule has 0 bridgehead atoms. The number of rotatable bonds is 4. The van der Waals surface area contributed by atoms with Crippen molar-refractivity contribution in [3.63, 3.8) is 0 Å². The normalized spacial score (nSPS) is 39.4. The summed E-state index contributed by atoms with van der Waals surface area (Å²) in [6.07, 6.45) is 1.63. The molecule has 0 saturated heterocycles. The molecular formula is C13H25F2N. The van der Waals surface area contributed by atoms with E-state index in [2.05, 4.69) is 20.8 Å². The highest BCUT2D eigenvalue weighted by atomic mass is 19.1. The van der Waals surface area contributed by atoms with Crippen molar-refractivity contribution < 1.29 is 8.78 Å². The second-order valence-corrected chi connectivity index (χ2v) is 5.54. The van der Waals surface area contributed by atoms with Crippen molar-refractivity contribution in [3.05, 3.63) is 0 Å². The Kier molecular flexibility index (Phi) is 4.72. The molecule has 0 aromatic carbocycles. The fourth-order valence-corrected chi connectivity index (χ4v) is 2.99. The molecule has 1 fully saturated rings. The Balaban J connectivity index is 2.72. The van der Waals surface area contributed by atoms with Crippen LogP contribution in [0, 0.1) is 11.3 Å². The van der Waals surface area contributed by atoms with Gasteiger partial charge in [0.25, 0.3) is 0 Å². The van der Waals surface area contributed by atoms with Gasteiger partial charge in [-0.1, -0.05) is 33.6 Å². The first-order valence-electron chi connectivity index (χ1n) is 6.48. The minimum atomic E-state index is -1.17. The van der Waals surface area contributed by atoms with Crippen molar-refractivity contribution in [1.29, 1.82) is 0 Å². The molecule has 0 amide bonds. The summed E-state index contributed by atoms with van der Waals surface area (Å²) in [6, 6.07) is -0.904. The Bertz CT molecular complexity index is 210. The van der Waals surface area contributed by atoms with Crippen LogP contribution in [0.3, 0.4) is 0 Å². The maximum absolute atomic E-state index is 13.6. The second-order valence-electron chi connectivity index (χ2n) is 5.54. The highest BCUT2D eigenvalue weighted by Crippen LogP contribution is 2.45. The van der Waals surface area contributed by atoms with Gasteiger partial charge in [-0.2, -0.15) is 0 Å². The van der Waals surface area contributed by atoms with Gasteiger partial charge in [-0.05, 0) is 30.6 Å². The molecule has 96 valence electrons. The van der Waals surface area contributed by atoms with Gasteiger partial charge < -0.3 is 5.73 Å². The van der Waals surface area contributed by atoms with Crippen LogP contribution in [0.1, 0.15) is 52.9 Å². The molecule has 1 nitrogen and oxygen atoms in total. The van der Waals surface area contributed by atoms with Gasteiger partial charge in [-0.3, -0.25) is 0 Å². The maximum atomic E-state index is 13.6. The Morgan fingerprint density at radius 1 is 1.19 bits per heavy atom. The fourth-order valence-electron chi connectivity index (χ4n) is 2.99. The fraction of sp³-hybridized carbons (Fsp3) is 1.00. The highest BCUT2D eigenvalue weighted by Gasteiger charge is 2.42. The van der Waals surface area contributed by atoms with Crippen LogP contribution in [0.2, 0.25) is 0 Å². The maximum Gasteiger partial charge on any atom is 0.118 e. The van der Waals surface area contributed by atoms with Gasteiger partial charge in [-0.25, -0.2) is 8.78 Å². The SMILES string of the molecule is CCCC(C)(CC)C1CC(F)C(N)C(F)C1. The summed E-state index contributed by atoms with van der Waals surface area (Å²) >= 11 is 0. The lowest BCUT2D eigenvalue weighted by molar-refractivity contribution is 0.0207. The van der Waals surface area contributed by atoms with Crippen LogP contribution < -0.4 is 5.73 Å². The Hall–Kier alpha value is -0.180. The predicted molar refractivity (Wildman–Crippen MR) is 63.8 cm³/mol. The number of nitrogens with two attached hydrogens (primary N) is 1. The molecular weight excluding hydrogens is 208 g/mol. The van der Waals surface area contributed by atoms with E-state index in [0.29, 0.717) is 12.8 Å². The first-order chi connectivity index (χ1) is 7.44. The molecule has 1 aliphatic rings. The van der Waals surface area contributed by atoms with E-state index in [9.17, 15) is 8.78 Å². The van der Waals surface area contributed by atoms with E-state index in [0.717, 1.165) is 19.3 Å². The minimum absolute atomic E-state index is 0.0730. The van der Waals surface area contributed by atoms with Gasteiger partial charge >= 0.3 is 0 Å². The molecule has 2 N–H and O–H groups in total. The molecule has 1 rings (SSSR count). The highest BCUT2D eigenvalue weighted by molar-refractivity contribution is 4.95. The standard InChI is InChI=1S/C13H25F2N/c1-4-6-13(3,5-2)9-7-10(14)12(16)11(15)8-9/h9-12H,4-8,16H2,1-3H3. The van der Waals surface area contributed by atoms with Crippen molar-refractivity contribution >= 4 is 0 Å². The summed E-state index contributed by atoms with van der Waals surface area (Å²) in [5.41, 5.74) is 5.57. The summed E-state index contributed by atoms with van der Waals surface area (Å²) in [4.78, 5) is 0. The Labute approximate surface area is 97.8 Å². The number of halogens is 2. The molecule has 0 aromatic rings. The van der Waals surface area contributed by atoms with Crippen LogP contribution in [-0.2, 0) is 0 Å². The first kappa shape index (κ1) is 13.9. The summed E-state index contributed by atoms with van der Waals surface area (Å²) in [7, 11) is 0. The topological polar surface area (TPSA) is 26.0 Å². The zero-order valence-electron chi connectivity index (χ0n) is 10.7. The third-order valence-electron chi connectivity index (χ3n) is 4.47. The quantitative estimate of drug-likeness (QED) is 0.788. The van der Waals surface area contributed by atoms with Crippen molar-refractivity contribution in [1.82, 2.24) is 0 Å². The molecule has 3 heteroatoms. The van der Waals surface area contributed by atoms with E-state index in [-0.39, 0.29) is 11.3 Å². The van der Waals surface area contributed by atoms with Crippen LogP contribution in [0.4, 0.5) is 8.78 Å². The van der Waals surface area contributed by atoms with Gasteiger partial charge in [0.15, 0.2) is 0 Å². The number of hydrogen-bond donors (Lipinski definition) is 1. The largest absolute Gasteiger partial charge is 0.323 e. The lowest BCUT2D eigenvalue weighted by Gasteiger charge is -2.43. The zero-order chi connectivity index (χ0) is 12.3. The third kappa shape index (κ3) is 2.73. The van der Waals surface area contributed by atoms with Crippen LogP contribution in [0.25, 0.3) is 0 Å². The van der Waals surface area contributed by atoms with Crippen molar-refractivity contribution in [3.8, 4) is 0 Å². The average Bonchev–Trinajstić information content (AvgIpc) is 2.25. The molecule has 0 spiro atoms. The van der Waals surface area contributed by atoms with Crippen LogP contribution in [0.15, 0.2) is 0 Å². The Morgan fingerprint density at radius 2 is 1.69 bits per heavy atom. The monoisotopic (exact) mass is 233 g/mol. The van der Waals surface area contributed by atoms with Crippen molar-refractivity contribution in [2.75, 3.05) is 0 Å². The van der Waals surface area contributed by atoms with Crippen molar-refractivity contribution in [2.24, 2.45) is 17.1 Å². The van der Waals surface area contributed by atoms with E-state index in [1.165, 1.54) is 0 Å². The van der Waals surface area contributed by atoms with Gasteiger partial charge in [0.1, 0.15) is 12.3 Å². The molecule has 1 saturated carbocycles. The zero-order valence-corrected chi connectivity index (χ0v) is 10.7. The van der Waals surface area contributed by atoms with Gasteiger partial charge in [-0.15, -0.1) is 0 Å². The molecule has 0 aromatic heterocycles. The van der Waals surface area contributed by atoms with Crippen LogP contribution in [-0.4, -0.2) is 18.4 Å². The molecule has 0 heterocycles. The van der Waals surface area contributed by atoms with E-state index in [4.69, 9.17) is 5.73 Å².